The van der Waals surface area contributed by atoms with Crippen molar-refractivity contribution in [3.63, 3.8) is 0 Å². The summed E-state index contributed by atoms with van der Waals surface area (Å²) in [5.74, 6) is -2.34. The van der Waals surface area contributed by atoms with Crippen LogP contribution in [0.2, 0.25) is 0 Å². The van der Waals surface area contributed by atoms with Crippen molar-refractivity contribution in [3.05, 3.63) is 23.8 Å². The van der Waals surface area contributed by atoms with E-state index in [0.29, 0.717) is 6.42 Å². The number of hydrogen-bond acceptors (Lipinski definition) is 4. The Hall–Kier alpha value is -2.38. The standard InChI is InChI=1S/C14H17F2NO5/c1-3-7-17(8-11(18)19)13(20)9-5-4-6-10(21-2)12(9)22-14(15)16/h4-6,14H,3,7-8H2,1-2H3,(H,18,19). The highest BCUT2D eigenvalue weighted by Crippen LogP contribution is 2.33. The Balaban J connectivity index is 3.21. The maximum atomic E-state index is 12.5. The highest BCUT2D eigenvalue weighted by atomic mass is 19.3. The van der Waals surface area contributed by atoms with Gasteiger partial charge in [0.05, 0.1) is 12.7 Å². The van der Waals surface area contributed by atoms with Crippen LogP contribution in [0.4, 0.5) is 8.78 Å². The smallest absolute Gasteiger partial charge is 0.387 e. The SMILES string of the molecule is CCCN(CC(=O)O)C(=O)c1cccc(OC)c1OC(F)F. The zero-order chi connectivity index (χ0) is 16.7. The van der Waals surface area contributed by atoms with E-state index >= 15 is 0 Å². The molecule has 0 aliphatic carbocycles. The first-order chi connectivity index (χ1) is 10.4. The van der Waals surface area contributed by atoms with Gasteiger partial charge < -0.3 is 19.5 Å². The van der Waals surface area contributed by atoms with Crippen molar-refractivity contribution >= 4 is 11.9 Å². The lowest BCUT2D eigenvalue weighted by molar-refractivity contribution is -0.137. The van der Waals surface area contributed by atoms with Crippen LogP contribution in [0.15, 0.2) is 18.2 Å². The third-order valence-electron chi connectivity index (χ3n) is 2.74. The number of ether oxygens (including phenoxy) is 2. The maximum Gasteiger partial charge on any atom is 0.387 e. The summed E-state index contributed by atoms with van der Waals surface area (Å²) < 4.78 is 34.4. The average Bonchev–Trinajstić information content (AvgIpc) is 2.45. The zero-order valence-electron chi connectivity index (χ0n) is 12.2. The van der Waals surface area contributed by atoms with E-state index in [9.17, 15) is 18.4 Å². The number of para-hydroxylation sites is 1. The Morgan fingerprint density at radius 3 is 2.55 bits per heavy atom. The number of carbonyl (C=O) groups is 2. The molecule has 0 heterocycles. The zero-order valence-corrected chi connectivity index (χ0v) is 12.2. The van der Waals surface area contributed by atoms with E-state index in [0.717, 1.165) is 4.90 Å². The molecular formula is C14H17F2NO5. The van der Waals surface area contributed by atoms with E-state index in [4.69, 9.17) is 9.84 Å². The Kier molecular flexibility index (Phi) is 6.55. The summed E-state index contributed by atoms with van der Waals surface area (Å²) in [7, 11) is 1.25. The van der Waals surface area contributed by atoms with Crippen LogP contribution < -0.4 is 9.47 Å². The molecule has 0 unspecified atom stereocenters. The van der Waals surface area contributed by atoms with Gasteiger partial charge in [-0.25, -0.2) is 0 Å². The number of aliphatic carboxylic acids is 1. The number of benzene rings is 1. The molecule has 0 fully saturated rings. The fourth-order valence-corrected chi connectivity index (χ4v) is 1.91. The summed E-state index contributed by atoms with van der Waals surface area (Å²) in [6.07, 6.45) is 0.522. The minimum atomic E-state index is -3.14. The van der Waals surface area contributed by atoms with Crippen LogP contribution in [-0.4, -0.2) is 48.7 Å². The monoisotopic (exact) mass is 317 g/mol. The number of carboxylic acid groups (broad SMARTS) is 1. The van der Waals surface area contributed by atoms with Gasteiger partial charge in [-0.2, -0.15) is 8.78 Å². The molecule has 6 nitrogen and oxygen atoms in total. The van der Waals surface area contributed by atoms with Gasteiger partial charge in [0.1, 0.15) is 6.54 Å². The van der Waals surface area contributed by atoms with Crippen LogP contribution in [0.25, 0.3) is 0 Å². The lowest BCUT2D eigenvalue weighted by Gasteiger charge is -2.22. The molecule has 1 aromatic carbocycles. The van der Waals surface area contributed by atoms with Gasteiger partial charge in [-0.05, 0) is 18.6 Å². The van der Waals surface area contributed by atoms with Crippen molar-refractivity contribution < 1.29 is 33.0 Å². The third-order valence-corrected chi connectivity index (χ3v) is 2.74. The van der Waals surface area contributed by atoms with Crippen molar-refractivity contribution in [3.8, 4) is 11.5 Å². The van der Waals surface area contributed by atoms with Gasteiger partial charge in [0.25, 0.3) is 5.91 Å². The average molecular weight is 317 g/mol. The molecular weight excluding hydrogens is 300 g/mol. The maximum absolute atomic E-state index is 12.5. The van der Waals surface area contributed by atoms with Gasteiger partial charge >= 0.3 is 12.6 Å². The molecule has 0 aliphatic rings. The quantitative estimate of drug-likeness (QED) is 0.796. The molecule has 22 heavy (non-hydrogen) atoms. The highest BCUT2D eigenvalue weighted by molar-refractivity contribution is 5.99. The molecule has 0 aliphatic heterocycles. The molecule has 1 aromatic rings. The number of nitrogens with zero attached hydrogens (tertiary/aromatic N) is 1. The topological polar surface area (TPSA) is 76.1 Å². The van der Waals surface area contributed by atoms with Crippen molar-refractivity contribution in [2.24, 2.45) is 0 Å². The van der Waals surface area contributed by atoms with Crippen LogP contribution in [0.3, 0.4) is 0 Å². The molecule has 1 N–H and O–H groups in total. The summed E-state index contributed by atoms with van der Waals surface area (Å²) in [6, 6.07) is 4.10. The van der Waals surface area contributed by atoms with E-state index < -0.39 is 30.8 Å². The van der Waals surface area contributed by atoms with E-state index in [1.807, 2.05) is 0 Å². The van der Waals surface area contributed by atoms with Gasteiger partial charge in [0, 0.05) is 6.54 Å². The molecule has 8 heteroatoms. The van der Waals surface area contributed by atoms with Crippen LogP contribution in [0.1, 0.15) is 23.7 Å². The van der Waals surface area contributed by atoms with E-state index in [-0.39, 0.29) is 17.9 Å². The highest BCUT2D eigenvalue weighted by Gasteiger charge is 2.25. The number of alkyl halides is 2. The molecule has 0 saturated heterocycles. The molecule has 0 saturated carbocycles. The van der Waals surface area contributed by atoms with Crippen molar-refractivity contribution in [1.29, 1.82) is 0 Å². The van der Waals surface area contributed by atoms with Crippen molar-refractivity contribution in [2.45, 2.75) is 20.0 Å². The largest absolute Gasteiger partial charge is 0.493 e. The Morgan fingerprint density at radius 2 is 2.05 bits per heavy atom. The Morgan fingerprint density at radius 1 is 1.36 bits per heavy atom. The summed E-state index contributed by atoms with van der Waals surface area (Å²) in [5.41, 5.74) is -0.172. The molecule has 0 radical (unpaired) electrons. The number of halogens is 2. The van der Waals surface area contributed by atoms with E-state index in [1.54, 1.807) is 6.92 Å². The third kappa shape index (κ3) is 4.57. The van der Waals surface area contributed by atoms with Gasteiger partial charge in [-0.15, -0.1) is 0 Å². The lowest BCUT2D eigenvalue weighted by atomic mass is 10.1. The van der Waals surface area contributed by atoms with Crippen LogP contribution in [-0.2, 0) is 4.79 Å². The summed E-state index contributed by atoms with van der Waals surface area (Å²) in [6.45, 7) is -1.72. The van der Waals surface area contributed by atoms with Gasteiger partial charge in [-0.3, -0.25) is 9.59 Å². The summed E-state index contributed by atoms with van der Waals surface area (Å²) >= 11 is 0. The Labute approximate surface area is 126 Å². The number of hydrogen-bond donors (Lipinski definition) is 1. The van der Waals surface area contributed by atoms with Crippen LogP contribution >= 0.6 is 0 Å². The lowest BCUT2D eigenvalue weighted by Crippen LogP contribution is -2.36. The first kappa shape index (κ1) is 17.7. The predicted molar refractivity (Wildman–Crippen MR) is 73.5 cm³/mol. The second-order valence-corrected chi connectivity index (χ2v) is 4.34. The van der Waals surface area contributed by atoms with E-state index in [2.05, 4.69) is 4.74 Å². The molecule has 0 spiro atoms. The fourth-order valence-electron chi connectivity index (χ4n) is 1.91. The second-order valence-electron chi connectivity index (χ2n) is 4.34. The second kappa shape index (κ2) is 8.16. The predicted octanol–water partition coefficient (Wildman–Crippen LogP) is 2.23. The minimum absolute atomic E-state index is 0.0297. The molecule has 0 aromatic heterocycles. The first-order valence-corrected chi connectivity index (χ1v) is 6.53. The molecule has 1 amide bonds. The number of amides is 1. The molecule has 122 valence electrons. The van der Waals surface area contributed by atoms with Gasteiger partial charge in [0.15, 0.2) is 11.5 Å². The van der Waals surface area contributed by atoms with Crippen molar-refractivity contribution in [2.75, 3.05) is 20.2 Å². The van der Waals surface area contributed by atoms with Crippen LogP contribution in [0.5, 0.6) is 11.5 Å². The number of rotatable bonds is 8. The number of methoxy groups -OCH3 is 1. The fraction of sp³-hybridized carbons (Fsp3) is 0.429. The van der Waals surface area contributed by atoms with Gasteiger partial charge in [0.2, 0.25) is 0 Å². The Bertz CT molecular complexity index is 536. The molecule has 1 rings (SSSR count). The van der Waals surface area contributed by atoms with Crippen LogP contribution in [0, 0.1) is 0 Å². The number of carbonyl (C=O) groups excluding carboxylic acids is 1. The molecule has 0 bridgehead atoms. The summed E-state index contributed by atoms with van der Waals surface area (Å²) in [5, 5.41) is 8.85. The minimum Gasteiger partial charge on any atom is -0.493 e. The van der Waals surface area contributed by atoms with E-state index in [1.165, 1.54) is 25.3 Å². The molecule has 0 atom stereocenters. The first-order valence-electron chi connectivity index (χ1n) is 6.53. The summed E-state index contributed by atoms with van der Waals surface area (Å²) in [4.78, 5) is 24.3. The van der Waals surface area contributed by atoms with Crippen molar-refractivity contribution in [1.82, 2.24) is 4.90 Å². The van der Waals surface area contributed by atoms with Gasteiger partial charge in [-0.1, -0.05) is 13.0 Å². The normalized spacial score (nSPS) is 10.4. The number of carboxylic acids is 1.